The molecule has 1 heterocycles. The molecule has 0 radical (unpaired) electrons. The van der Waals surface area contributed by atoms with Crippen molar-refractivity contribution >= 4 is 21.9 Å². The van der Waals surface area contributed by atoms with Crippen LogP contribution in [0.3, 0.4) is 0 Å². The molecule has 5 heteroatoms. The zero-order valence-electron chi connectivity index (χ0n) is 7.74. The first-order valence-electron chi connectivity index (χ1n) is 4.07. The third-order valence-corrected chi connectivity index (χ3v) is 2.22. The van der Waals surface area contributed by atoms with Gasteiger partial charge in [-0.05, 0) is 34.0 Å². The Morgan fingerprint density at radius 2 is 2.43 bits per heavy atom. The van der Waals surface area contributed by atoms with E-state index in [1.54, 1.807) is 12.3 Å². The van der Waals surface area contributed by atoms with E-state index in [0.717, 1.165) is 10.2 Å². The van der Waals surface area contributed by atoms with E-state index in [9.17, 15) is 4.79 Å². The van der Waals surface area contributed by atoms with Gasteiger partial charge in [0.25, 0.3) is 0 Å². The molecular weight excluding hydrogens is 248 g/mol. The minimum atomic E-state index is -0.622. The second kappa shape index (κ2) is 5.07. The molecule has 1 aromatic rings. The lowest BCUT2D eigenvalue weighted by Crippen LogP contribution is -2.33. The number of hydrogen-bond donors (Lipinski definition) is 1. The molecule has 1 aromatic heterocycles. The Hall–Kier alpha value is -0.940. The number of methoxy groups -OCH3 is 1. The SMILES string of the molecule is COC(=O)[C@@H](N)Cc1ccc(Br)nc1. The zero-order chi connectivity index (χ0) is 10.6. The van der Waals surface area contributed by atoms with E-state index in [4.69, 9.17) is 5.73 Å². The van der Waals surface area contributed by atoms with Crippen molar-refractivity contribution < 1.29 is 9.53 Å². The Bertz CT molecular complexity index is 313. The molecule has 1 rings (SSSR count). The standard InChI is InChI=1S/C9H11BrN2O2/c1-14-9(13)7(11)4-6-2-3-8(10)12-5-6/h2-3,5,7H,4,11H2,1H3/t7-/m0/s1. The Morgan fingerprint density at radius 3 is 2.93 bits per heavy atom. The van der Waals surface area contributed by atoms with E-state index in [1.807, 2.05) is 6.07 Å². The average Bonchev–Trinajstić information content (AvgIpc) is 2.20. The van der Waals surface area contributed by atoms with Gasteiger partial charge in [-0.3, -0.25) is 4.79 Å². The summed E-state index contributed by atoms with van der Waals surface area (Å²) in [5, 5.41) is 0. The summed E-state index contributed by atoms with van der Waals surface area (Å²) in [6, 6.07) is 3.04. The van der Waals surface area contributed by atoms with Gasteiger partial charge in [-0.2, -0.15) is 0 Å². The highest BCUT2D eigenvalue weighted by Gasteiger charge is 2.13. The van der Waals surface area contributed by atoms with Crippen LogP contribution in [0.1, 0.15) is 5.56 Å². The molecule has 4 nitrogen and oxygen atoms in total. The number of esters is 1. The van der Waals surface area contributed by atoms with Gasteiger partial charge in [-0.25, -0.2) is 4.98 Å². The van der Waals surface area contributed by atoms with Crippen LogP contribution in [-0.4, -0.2) is 24.1 Å². The Kier molecular flexibility index (Phi) is 4.03. The van der Waals surface area contributed by atoms with Crippen LogP contribution in [0.25, 0.3) is 0 Å². The van der Waals surface area contributed by atoms with Crippen LogP contribution in [0.2, 0.25) is 0 Å². The van der Waals surface area contributed by atoms with Crippen molar-refractivity contribution in [3.63, 3.8) is 0 Å². The Morgan fingerprint density at radius 1 is 1.71 bits per heavy atom. The van der Waals surface area contributed by atoms with Crippen LogP contribution in [0.5, 0.6) is 0 Å². The highest BCUT2D eigenvalue weighted by molar-refractivity contribution is 9.10. The fourth-order valence-corrected chi connectivity index (χ4v) is 1.25. The highest BCUT2D eigenvalue weighted by atomic mass is 79.9. The second-order valence-electron chi connectivity index (χ2n) is 2.82. The minimum Gasteiger partial charge on any atom is -0.468 e. The van der Waals surface area contributed by atoms with E-state index < -0.39 is 12.0 Å². The third-order valence-electron chi connectivity index (χ3n) is 1.75. The maximum Gasteiger partial charge on any atom is 0.322 e. The summed E-state index contributed by atoms with van der Waals surface area (Å²) in [4.78, 5) is 15.0. The molecular formula is C9H11BrN2O2. The Labute approximate surface area is 90.6 Å². The maximum atomic E-state index is 11.0. The fraction of sp³-hybridized carbons (Fsp3) is 0.333. The van der Waals surface area contributed by atoms with Gasteiger partial charge in [0.05, 0.1) is 7.11 Å². The van der Waals surface area contributed by atoms with Crippen molar-refractivity contribution in [2.24, 2.45) is 5.73 Å². The number of aromatic nitrogens is 1. The molecule has 14 heavy (non-hydrogen) atoms. The van der Waals surface area contributed by atoms with Crippen LogP contribution < -0.4 is 5.73 Å². The largest absolute Gasteiger partial charge is 0.468 e. The number of carbonyl (C=O) groups excluding carboxylic acids is 1. The quantitative estimate of drug-likeness (QED) is 0.646. The number of pyridine rings is 1. The van der Waals surface area contributed by atoms with Gasteiger partial charge in [0.1, 0.15) is 10.6 Å². The van der Waals surface area contributed by atoms with Crippen molar-refractivity contribution in [2.75, 3.05) is 7.11 Å². The summed E-state index contributed by atoms with van der Waals surface area (Å²) in [6.07, 6.45) is 2.11. The van der Waals surface area contributed by atoms with Gasteiger partial charge in [0.2, 0.25) is 0 Å². The molecule has 0 amide bonds. The molecule has 0 aliphatic rings. The molecule has 0 bridgehead atoms. The first-order valence-corrected chi connectivity index (χ1v) is 4.86. The number of halogens is 1. The number of rotatable bonds is 3. The van der Waals surface area contributed by atoms with E-state index >= 15 is 0 Å². The normalized spacial score (nSPS) is 12.2. The minimum absolute atomic E-state index is 0.409. The number of ether oxygens (including phenoxy) is 1. The van der Waals surface area contributed by atoms with Crippen LogP contribution in [0, 0.1) is 0 Å². The molecule has 0 aliphatic heterocycles. The van der Waals surface area contributed by atoms with E-state index in [-0.39, 0.29) is 0 Å². The summed E-state index contributed by atoms with van der Waals surface area (Å²) in [5.74, 6) is -0.409. The van der Waals surface area contributed by atoms with Crippen LogP contribution >= 0.6 is 15.9 Å². The van der Waals surface area contributed by atoms with Crippen molar-refractivity contribution in [1.29, 1.82) is 0 Å². The Balaban J connectivity index is 2.60. The van der Waals surface area contributed by atoms with Crippen LogP contribution in [0.4, 0.5) is 0 Å². The molecule has 0 fully saturated rings. The summed E-state index contributed by atoms with van der Waals surface area (Å²) >= 11 is 3.22. The van der Waals surface area contributed by atoms with Crippen LogP contribution in [-0.2, 0) is 16.0 Å². The maximum absolute atomic E-state index is 11.0. The topological polar surface area (TPSA) is 65.2 Å². The number of nitrogens with two attached hydrogens (primary N) is 1. The molecule has 0 aliphatic carbocycles. The van der Waals surface area contributed by atoms with Gasteiger partial charge in [-0.15, -0.1) is 0 Å². The van der Waals surface area contributed by atoms with Gasteiger partial charge in [0, 0.05) is 6.20 Å². The number of carbonyl (C=O) groups is 1. The second-order valence-corrected chi connectivity index (χ2v) is 3.64. The lowest BCUT2D eigenvalue weighted by Gasteiger charge is -2.08. The molecule has 2 N–H and O–H groups in total. The monoisotopic (exact) mass is 258 g/mol. The zero-order valence-corrected chi connectivity index (χ0v) is 9.32. The third kappa shape index (κ3) is 3.08. The predicted molar refractivity (Wildman–Crippen MR) is 55.6 cm³/mol. The van der Waals surface area contributed by atoms with E-state index in [1.165, 1.54) is 7.11 Å². The lowest BCUT2D eigenvalue weighted by atomic mass is 10.1. The summed E-state index contributed by atoms with van der Waals surface area (Å²) in [5.41, 5.74) is 6.49. The van der Waals surface area contributed by atoms with Crippen molar-refractivity contribution in [1.82, 2.24) is 4.98 Å². The summed E-state index contributed by atoms with van der Waals surface area (Å²) < 4.78 is 5.27. The number of hydrogen-bond acceptors (Lipinski definition) is 4. The first kappa shape index (κ1) is 11.1. The first-order chi connectivity index (χ1) is 6.63. The summed E-state index contributed by atoms with van der Waals surface area (Å²) in [6.45, 7) is 0. The van der Waals surface area contributed by atoms with Gasteiger partial charge in [0.15, 0.2) is 0 Å². The van der Waals surface area contributed by atoms with Crippen molar-refractivity contribution in [2.45, 2.75) is 12.5 Å². The molecule has 1 atom stereocenters. The van der Waals surface area contributed by atoms with Crippen molar-refractivity contribution in [3.05, 3.63) is 28.5 Å². The molecule has 0 saturated heterocycles. The van der Waals surface area contributed by atoms with Gasteiger partial charge < -0.3 is 10.5 Å². The summed E-state index contributed by atoms with van der Waals surface area (Å²) in [7, 11) is 1.32. The van der Waals surface area contributed by atoms with E-state index in [2.05, 4.69) is 25.7 Å². The molecule has 0 unspecified atom stereocenters. The smallest absolute Gasteiger partial charge is 0.322 e. The predicted octanol–water partition coefficient (Wildman–Crippen LogP) is 0.887. The highest BCUT2D eigenvalue weighted by Crippen LogP contribution is 2.07. The molecule has 0 aromatic carbocycles. The molecule has 0 saturated carbocycles. The average molecular weight is 259 g/mol. The molecule has 0 spiro atoms. The van der Waals surface area contributed by atoms with Gasteiger partial charge >= 0.3 is 5.97 Å². The molecule has 76 valence electrons. The van der Waals surface area contributed by atoms with Crippen LogP contribution in [0.15, 0.2) is 22.9 Å². The number of nitrogens with zero attached hydrogens (tertiary/aromatic N) is 1. The van der Waals surface area contributed by atoms with Gasteiger partial charge in [-0.1, -0.05) is 6.07 Å². The van der Waals surface area contributed by atoms with Crippen molar-refractivity contribution in [3.8, 4) is 0 Å². The van der Waals surface area contributed by atoms with E-state index in [0.29, 0.717) is 6.42 Å². The fourth-order valence-electron chi connectivity index (χ4n) is 1.02. The lowest BCUT2D eigenvalue weighted by molar-refractivity contribution is -0.142.